The van der Waals surface area contributed by atoms with Gasteiger partial charge in [0, 0.05) is 18.1 Å². The lowest BCUT2D eigenvalue weighted by Gasteiger charge is -2.18. The summed E-state index contributed by atoms with van der Waals surface area (Å²) in [5.41, 5.74) is 0.0767. The zero-order chi connectivity index (χ0) is 14.3. The molecular weight excluding hydrogens is 269 g/mol. The van der Waals surface area contributed by atoms with Crippen LogP contribution in [0.2, 0.25) is 5.02 Å². The summed E-state index contributed by atoms with van der Waals surface area (Å²) in [5.74, 6) is -0.511. The van der Waals surface area contributed by atoms with Crippen LogP contribution in [0.15, 0.2) is 18.2 Å². The SMILES string of the molecule is CCN(CC)CCNC(=O)Nc1cc(Cl)ccc1F. The highest BCUT2D eigenvalue weighted by molar-refractivity contribution is 6.30. The molecule has 0 atom stereocenters. The Morgan fingerprint density at radius 3 is 2.68 bits per heavy atom. The molecular formula is C13H19ClFN3O. The van der Waals surface area contributed by atoms with E-state index in [1.165, 1.54) is 18.2 Å². The van der Waals surface area contributed by atoms with E-state index in [4.69, 9.17) is 11.6 Å². The van der Waals surface area contributed by atoms with Gasteiger partial charge in [0.2, 0.25) is 0 Å². The van der Waals surface area contributed by atoms with Gasteiger partial charge in [-0.05, 0) is 31.3 Å². The largest absolute Gasteiger partial charge is 0.337 e. The first-order valence-corrected chi connectivity index (χ1v) is 6.66. The van der Waals surface area contributed by atoms with Gasteiger partial charge in [-0.25, -0.2) is 9.18 Å². The number of hydrogen-bond donors (Lipinski definition) is 2. The Kier molecular flexibility index (Phi) is 6.59. The van der Waals surface area contributed by atoms with Crippen LogP contribution in [0.25, 0.3) is 0 Å². The maximum Gasteiger partial charge on any atom is 0.319 e. The summed E-state index contributed by atoms with van der Waals surface area (Å²) in [6.07, 6.45) is 0. The first-order valence-electron chi connectivity index (χ1n) is 6.29. The molecule has 0 fully saturated rings. The number of urea groups is 1. The summed E-state index contributed by atoms with van der Waals surface area (Å²) in [7, 11) is 0. The number of likely N-dealkylation sites (N-methyl/N-ethyl adjacent to an activating group) is 1. The average molecular weight is 288 g/mol. The minimum Gasteiger partial charge on any atom is -0.337 e. The molecule has 0 radical (unpaired) electrons. The van der Waals surface area contributed by atoms with Gasteiger partial charge in [-0.3, -0.25) is 0 Å². The number of nitrogens with one attached hydrogen (secondary N) is 2. The summed E-state index contributed by atoms with van der Waals surface area (Å²) in [6, 6.07) is 3.59. The van der Waals surface area contributed by atoms with Gasteiger partial charge in [0.05, 0.1) is 5.69 Å². The molecule has 0 aromatic heterocycles. The van der Waals surface area contributed by atoms with Gasteiger partial charge in [-0.15, -0.1) is 0 Å². The summed E-state index contributed by atoms with van der Waals surface area (Å²) in [4.78, 5) is 13.8. The van der Waals surface area contributed by atoms with Crippen molar-refractivity contribution in [2.24, 2.45) is 0 Å². The van der Waals surface area contributed by atoms with E-state index >= 15 is 0 Å². The zero-order valence-electron chi connectivity index (χ0n) is 11.2. The molecule has 0 aliphatic heterocycles. The Morgan fingerprint density at radius 2 is 2.05 bits per heavy atom. The maximum atomic E-state index is 13.4. The van der Waals surface area contributed by atoms with E-state index in [-0.39, 0.29) is 5.69 Å². The molecule has 1 aromatic rings. The normalized spacial score (nSPS) is 10.6. The molecule has 1 aromatic carbocycles. The Hall–Kier alpha value is -1.33. The lowest BCUT2D eigenvalue weighted by atomic mass is 10.3. The van der Waals surface area contributed by atoms with Gasteiger partial charge >= 0.3 is 6.03 Å². The Bertz CT molecular complexity index is 424. The molecule has 0 spiro atoms. The van der Waals surface area contributed by atoms with Crippen molar-refractivity contribution in [3.05, 3.63) is 29.0 Å². The number of rotatable bonds is 6. The third kappa shape index (κ3) is 5.44. The standard InChI is InChI=1S/C13H19ClFN3O/c1-3-18(4-2)8-7-16-13(19)17-12-9-10(14)5-6-11(12)15/h5-6,9H,3-4,7-8H2,1-2H3,(H2,16,17,19). The third-order valence-corrected chi connectivity index (χ3v) is 3.02. The predicted octanol–water partition coefficient (Wildman–Crippen LogP) is 2.94. The van der Waals surface area contributed by atoms with Crippen LogP contribution in [0.3, 0.4) is 0 Å². The Morgan fingerprint density at radius 1 is 1.37 bits per heavy atom. The molecule has 0 aliphatic carbocycles. The van der Waals surface area contributed by atoms with Crippen LogP contribution in [0.5, 0.6) is 0 Å². The van der Waals surface area contributed by atoms with Crippen molar-refractivity contribution >= 4 is 23.3 Å². The number of amides is 2. The van der Waals surface area contributed by atoms with Gasteiger partial charge in [-0.1, -0.05) is 25.4 Å². The number of carbonyl (C=O) groups excluding carboxylic acids is 1. The molecule has 0 saturated heterocycles. The van der Waals surface area contributed by atoms with Crippen LogP contribution >= 0.6 is 11.6 Å². The number of benzene rings is 1. The number of hydrogen-bond acceptors (Lipinski definition) is 2. The summed E-state index contributed by atoms with van der Waals surface area (Å²) < 4.78 is 13.4. The van der Waals surface area contributed by atoms with E-state index in [9.17, 15) is 9.18 Å². The van der Waals surface area contributed by atoms with Gasteiger partial charge in [0.1, 0.15) is 5.82 Å². The molecule has 2 amide bonds. The molecule has 4 nitrogen and oxygen atoms in total. The van der Waals surface area contributed by atoms with Crippen LogP contribution in [0, 0.1) is 5.82 Å². The van der Waals surface area contributed by atoms with Gasteiger partial charge in [-0.2, -0.15) is 0 Å². The lowest BCUT2D eigenvalue weighted by molar-refractivity contribution is 0.247. The first-order chi connectivity index (χ1) is 9.06. The molecule has 0 bridgehead atoms. The van der Waals surface area contributed by atoms with Crippen molar-refractivity contribution in [3.63, 3.8) is 0 Å². The monoisotopic (exact) mass is 287 g/mol. The molecule has 106 valence electrons. The Labute approximate surface area is 117 Å². The zero-order valence-corrected chi connectivity index (χ0v) is 11.9. The number of nitrogens with zero attached hydrogens (tertiary/aromatic N) is 1. The van der Waals surface area contributed by atoms with Crippen LogP contribution in [0.4, 0.5) is 14.9 Å². The second-order valence-electron chi connectivity index (χ2n) is 4.03. The molecule has 0 saturated carbocycles. The molecule has 0 unspecified atom stereocenters. The van der Waals surface area contributed by atoms with E-state index in [0.717, 1.165) is 19.6 Å². The second kappa shape index (κ2) is 7.96. The van der Waals surface area contributed by atoms with Crippen molar-refractivity contribution in [1.29, 1.82) is 0 Å². The van der Waals surface area contributed by atoms with Gasteiger partial charge in [0.25, 0.3) is 0 Å². The number of halogens is 2. The first kappa shape index (κ1) is 15.7. The van der Waals surface area contributed by atoms with Gasteiger partial charge in [0.15, 0.2) is 0 Å². The average Bonchev–Trinajstić information content (AvgIpc) is 2.39. The highest BCUT2D eigenvalue weighted by Gasteiger charge is 2.07. The van der Waals surface area contributed by atoms with Crippen molar-refractivity contribution in [1.82, 2.24) is 10.2 Å². The smallest absolute Gasteiger partial charge is 0.319 e. The van der Waals surface area contributed by atoms with Gasteiger partial charge < -0.3 is 15.5 Å². The third-order valence-electron chi connectivity index (χ3n) is 2.78. The fourth-order valence-corrected chi connectivity index (χ4v) is 1.80. The van der Waals surface area contributed by atoms with Crippen LogP contribution in [-0.2, 0) is 0 Å². The summed E-state index contributed by atoms with van der Waals surface area (Å²) in [6.45, 7) is 7.26. The molecule has 0 heterocycles. The summed E-state index contributed by atoms with van der Waals surface area (Å²) in [5, 5.41) is 5.48. The van der Waals surface area contributed by atoms with E-state index < -0.39 is 11.8 Å². The minimum absolute atomic E-state index is 0.0767. The highest BCUT2D eigenvalue weighted by atomic mass is 35.5. The van der Waals surface area contributed by atoms with E-state index in [2.05, 4.69) is 29.4 Å². The highest BCUT2D eigenvalue weighted by Crippen LogP contribution is 2.19. The maximum absolute atomic E-state index is 13.4. The van der Waals surface area contributed by atoms with Crippen molar-refractivity contribution < 1.29 is 9.18 Å². The van der Waals surface area contributed by atoms with E-state index in [0.29, 0.717) is 11.6 Å². The summed E-state index contributed by atoms with van der Waals surface area (Å²) >= 11 is 5.74. The van der Waals surface area contributed by atoms with Crippen LogP contribution < -0.4 is 10.6 Å². The molecule has 2 N–H and O–H groups in total. The molecule has 1 rings (SSSR count). The number of anilines is 1. The number of carbonyl (C=O) groups is 1. The molecule has 0 aliphatic rings. The lowest BCUT2D eigenvalue weighted by Crippen LogP contribution is -2.37. The second-order valence-corrected chi connectivity index (χ2v) is 4.47. The topological polar surface area (TPSA) is 44.4 Å². The van der Waals surface area contributed by atoms with Crippen LogP contribution in [-0.4, -0.2) is 37.1 Å². The van der Waals surface area contributed by atoms with Crippen molar-refractivity contribution in [3.8, 4) is 0 Å². The fourth-order valence-electron chi connectivity index (χ4n) is 1.63. The van der Waals surface area contributed by atoms with Crippen molar-refractivity contribution in [2.45, 2.75) is 13.8 Å². The van der Waals surface area contributed by atoms with E-state index in [1.807, 2.05) is 0 Å². The van der Waals surface area contributed by atoms with Crippen LogP contribution in [0.1, 0.15) is 13.8 Å². The van der Waals surface area contributed by atoms with Crippen molar-refractivity contribution in [2.75, 3.05) is 31.5 Å². The molecule has 6 heteroatoms. The quantitative estimate of drug-likeness (QED) is 0.845. The molecule has 19 heavy (non-hydrogen) atoms. The fraction of sp³-hybridized carbons (Fsp3) is 0.462. The predicted molar refractivity (Wildman–Crippen MR) is 76.2 cm³/mol. The minimum atomic E-state index is -0.511. The van der Waals surface area contributed by atoms with E-state index in [1.54, 1.807) is 0 Å². The Balaban J connectivity index is 2.41.